The SMILES string of the molecule is NS(=O)(=O)OC(F)(F)F.[LiH]. The van der Waals surface area contributed by atoms with Gasteiger partial charge in [0.05, 0.1) is 0 Å². The molecule has 0 aliphatic heterocycles. The maximum absolute atomic E-state index is 10.9. The monoisotopic (exact) mass is 173 g/mol. The van der Waals surface area contributed by atoms with E-state index in [0.717, 1.165) is 0 Å². The topological polar surface area (TPSA) is 69.4 Å². The Balaban J connectivity index is 0. The van der Waals surface area contributed by atoms with E-state index < -0.39 is 16.7 Å². The molecule has 0 saturated heterocycles. The van der Waals surface area contributed by atoms with Crippen LogP contribution in [0.4, 0.5) is 13.2 Å². The molecule has 0 saturated carbocycles. The molecule has 0 aromatic heterocycles. The van der Waals surface area contributed by atoms with Crippen LogP contribution in [0.1, 0.15) is 0 Å². The van der Waals surface area contributed by atoms with Gasteiger partial charge in [-0.15, -0.1) is 13.2 Å². The van der Waals surface area contributed by atoms with Gasteiger partial charge in [0.25, 0.3) is 0 Å². The van der Waals surface area contributed by atoms with Crippen LogP contribution in [0.2, 0.25) is 0 Å². The molecule has 4 nitrogen and oxygen atoms in total. The number of halogens is 3. The molecule has 9 heteroatoms. The first kappa shape index (κ1) is 12.9. The van der Waals surface area contributed by atoms with E-state index in [1.807, 2.05) is 0 Å². The first-order chi connectivity index (χ1) is 3.71. The van der Waals surface area contributed by atoms with E-state index in [-0.39, 0.29) is 18.9 Å². The second kappa shape index (κ2) is 3.59. The summed E-state index contributed by atoms with van der Waals surface area (Å²) in [5.41, 5.74) is 0. The summed E-state index contributed by atoms with van der Waals surface area (Å²) in [7, 11) is -4.91. The summed E-state index contributed by atoms with van der Waals surface area (Å²) in [5, 5.41) is 3.85. The third-order valence-electron chi connectivity index (χ3n) is 0.211. The van der Waals surface area contributed by atoms with Gasteiger partial charge in [0.1, 0.15) is 0 Å². The fourth-order valence-corrected chi connectivity index (χ4v) is 0.395. The Morgan fingerprint density at radius 1 is 1.30 bits per heavy atom. The van der Waals surface area contributed by atoms with Gasteiger partial charge in [-0.1, -0.05) is 0 Å². The molecule has 0 aromatic rings. The molecule has 0 spiro atoms. The van der Waals surface area contributed by atoms with E-state index in [1.54, 1.807) is 0 Å². The van der Waals surface area contributed by atoms with Gasteiger partial charge in [0, 0.05) is 0 Å². The predicted octanol–water partition coefficient (Wildman–Crippen LogP) is -0.922. The summed E-state index contributed by atoms with van der Waals surface area (Å²) >= 11 is 0. The van der Waals surface area contributed by atoms with Crippen LogP contribution >= 0.6 is 0 Å². The minimum absolute atomic E-state index is 0. The van der Waals surface area contributed by atoms with Crippen LogP contribution in [0.25, 0.3) is 0 Å². The molecule has 0 rings (SSSR count). The predicted molar refractivity (Wildman–Crippen MR) is 27.4 cm³/mol. The fraction of sp³-hybridized carbons (Fsp3) is 1.00. The van der Waals surface area contributed by atoms with E-state index >= 15 is 0 Å². The van der Waals surface area contributed by atoms with E-state index in [1.165, 1.54) is 0 Å². The van der Waals surface area contributed by atoms with Crippen LogP contribution in [0.3, 0.4) is 0 Å². The van der Waals surface area contributed by atoms with Gasteiger partial charge in [0.15, 0.2) is 0 Å². The molecular weight excluding hydrogens is 170 g/mol. The van der Waals surface area contributed by atoms with Crippen LogP contribution in [0.5, 0.6) is 0 Å². The third kappa shape index (κ3) is 11.1. The Morgan fingerprint density at radius 2 is 1.60 bits per heavy atom. The van der Waals surface area contributed by atoms with E-state index in [2.05, 4.69) is 9.32 Å². The second-order valence-electron chi connectivity index (χ2n) is 1.02. The summed E-state index contributed by atoms with van der Waals surface area (Å²) in [6.07, 6.45) is -5.23. The summed E-state index contributed by atoms with van der Waals surface area (Å²) in [6.45, 7) is 0. The molecule has 0 unspecified atom stereocenters. The number of hydrogen-bond acceptors (Lipinski definition) is 3. The van der Waals surface area contributed by atoms with Crippen molar-refractivity contribution >= 4 is 29.2 Å². The Hall–Kier alpha value is 0.257. The Morgan fingerprint density at radius 3 is 1.60 bits per heavy atom. The van der Waals surface area contributed by atoms with Crippen molar-refractivity contribution in [3.05, 3.63) is 0 Å². The summed E-state index contributed by atoms with van der Waals surface area (Å²) < 4.78 is 54.0. The molecule has 0 aliphatic rings. The van der Waals surface area contributed by atoms with Gasteiger partial charge in [-0.3, -0.25) is 0 Å². The van der Waals surface area contributed by atoms with Crippen molar-refractivity contribution in [2.24, 2.45) is 5.14 Å². The summed E-state index contributed by atoms with van der Waals surface area (Å²) in [5.74, 6) is 0. The van der Waals surface area contributed by atoms with Gasteiger partial charge in [-0.25, -0.2) is 5.14 Å². The Bertz CT molecular complexity index is 184. The van der Waals surface area contributed by atoms with E-state index in [0.29, 0.717) is 0 Å². The molecule has 0 radical (unpaired) electrons. The average Bonchev–Trinajstić information content (AvgIpc) is 1.14. The van der Waals surface area contributed by atoms with Gasteiger partial charge >= 0.3 is 35.5 Å². The molecule has 0 aliphatic carbocycles. The number of nitrogens with two attached hydrogens (primary N) is 1. The number of rotatable bonds is 1. The molecule has 58 valence electrons. The van der Waals surface area contributed by atoms with Gasteiger partial charge in [-0.2, -0.15) is 12.6 Å². The van der Waals surface area contributed by atoms with Crippen LogP contribution < -0.4 is 5.14 Å². The van der Waals surface area contributed by atoms with E-state index in [9.17, 15) is 21.6 Å². The number of hydrogen-bond donors (Lipinski definition) is 1. The summed E-state index contributed by atoms with van der Waals surface area (Å²) in [6, 6.07) is 0. The van der Waals surface area contributed by atoms with Crippen LogP contribution in [0, 0.1) is 0 Å². The molecule has 0 atom stereocenters. The van der Waals surface area contributed by atoms with Gasteiger partial charge in [-0.05, 0) is 0 Å². The van der Waals surface area contributed by atoms with Crippen molar-refractivity contribution < 1.29 is 25.8 Å². The second-order valence-corrected chi connectivity index (χ2v) is 2.17. The van der Waals surface area contributed by atoms with Gasteiger partial charge in [0.2, 0.25) is 0 Å². The van der Waals surface area contributed by atoms with Crippen LogP contribution in [-0.4, -0.2) is 33.6 Å². The first-order valence-corrected chi connectivity index (χ1v) is 2.98. The van der Waals surface area contributed by atoms with Crippen LogP contribution in [-0.2, 0) is 14.5 Å². The van der Waals surface area contributed by atoms with Crippen LogP contribution in [0.15, 0.2) is 0 Å². The zero-order valence-corrected chi connectivity index (χ0v) is 4.66. The van der Waals surface area contributed by atoms with Crippen molar-refractivity contribution in [1.82, 2.24) is 0 Å². The quantitative estimate of drug-likeness (QED) is 0.521. The van der Waals surface area contributed by atoms with Crippen molar-refractivity contribution in [3.8, 4) is 0 Å². The zero-order valence-electron chi connectivity index (χ0n) is 3.84. The molecule has 10 heavy (non-hydrogen) atoms. The fourth-order valence-electron chi connectivity index (χ4n) is 0.132. The minimum atomic E-state index is -5.23. The zero-order chi connectivity index (χ0) is 7.71. The number of alkyl halides is 3. The van der Waals surface area contributed by atoms with E-state index in [4.69, 9.17) is 0 Å². The average molecular weight is 173 g/mol. The standard InChI is InChI=1S/CH2F3NO3S.Li.H/c2-1(3,4)8-9(5,6)7;;/h(H2,5,6,7);;. The molecule has 0 fully saturated rings. The molecule has 0 heterocycles. The molecule has 0 bridgehead atoms. The molecule has 0 aromatic carbocycles. The summed E-state index contributed by atoms with van der Waals surface area (Å²) in [4.78, 5) is 0. The van der Waals surface area contributed by atoms with Crippen molar-refractivity contribution in [2.75, 3.05) is 0 Å². The molecule has 2 N–H and O–H groups in total. The molecular formula is CH3F3LiNO3S. The van der Waals surface area contributed by atoms with Crippen molar-refractivity contribution in [1.29, 1.82) is 0 Å². The van der Waals surface area contributed by atoms with Crippen molar-refractivity contribution in [2.45, 2.75) is 6.36 Å². The Labute approximate surface area is 67.0 Å². The maximum atomic E-state index is 10.9. The molecule has 0 amide bonds. The Kier molecular flexibility index (Phi) is 4.63. The van der Waals surface area contributed by atoms with Gasteiger partial charge < -0.3 is 0 Å². The normalized spacial score (nSPS) is 12.4. The third-order valence-corrected chi connectivity index (χ3v) is 0.632. The first-order valence-electron chi connectivity index (χ1n) is 1.51. The van der Waals surface area contributed by atoms with Crippen molar-refractivity contribution in [3.63, 3.8) is 0 Å².